The van der Waals surface area contributed by atoms with Gasteiger partial charge in [0.25, 0.3) is 0 Å². The van der Waals surface area contributed by atoms with Gasteiger partial charge in [-0.3, -0.25) is 9.79 Å². The van der Waals surface area contributed by atoms with E-state index in [1.807, 2.05) is 27.7 Å². The molecule has 0 rings (SSSR count). The second-order valence-corrected chi connectivity index (χ2v) is 9.37. The zero-order chi connectivity index (χ0) is 30.2. The number of guanidine groups is 1. The minimum absolute atomic E-state index is 0.0115. The van der Waals surface area contributed by atoms with Gasteiger partial charge in [-0.1, -0.05) is 0 Å². The van der Waals surface area contributed by atoms with Crippen LogP contribution < -0.4 is 11.5 Å². The van der Waals surface area contributed by atoms with E-state index < -0.39 is 24.2 Å². The Morgan fingerprint density at radius 2 is 1.38 bits per heavy atom. The molecule has 7 N–H and O–H groups in total. The predicted octanol–water partition coefficient (Wildman–Crippen LogP) is -0.567. The second-order valence-electron chi connectivity index (χ2n) is 9.37. The molecule has 0 fully saturated rings. The van der Waals surface area contributed by atoms with Gasteiger partial charge in [0.1, 0.15) is 6.04 Å². The Balaban J connectivity index is 4.60. The van der Waals surface area contributed by atoms with Crippen LogP contribution in [0.3, 0.4) is 0 Å². The van der Waals surface area contributed by atoms with Gasteiger partial charge >= 0.3 is 5.97 Å². The Morgan fingerprint density at radius 3 is 1.88 bits per heavy atom. The Kier molecular flexibility index (Phi) is 24.1. The van der Waals surface area contributed by atoms with E-state index in [4.69, 9.17) is 45.0 Å². The molecular formula is C26H54N4O10. The summed E-state index contributed by atoms with van der Waals surface area (Å²) < 4.78 is 32.6. The maximum Gasteiger partial charge on any atom is 0.320 e. The van der Waals surface area contributed by atoms with Crippen molar-refractivity contribution in [2.75, 3.05) is 85.7 Å². The second kappa shape index (κ2) is 25.1. The Hall–Kier alpha value is -1.62. The van der Waals surface area contributed by atoms with Crippen LogP contribution in [-0.2, 0) is 33.2 Å². The fourth-order valence-corrected chi connectivity index (χ4v) is 3.30. The summed E-state index contributed by atoms with van der Waals surface area (Å²) in [7, 11) is 0. The number of aliphatic hydroxyl groups is 2. The summed E-state index contributed by atoms with van der Waals surface area (Å²) in [5.74, 6) is -0.986. The number of hydrogen-bond acceptors (Lipinski definition) is 11. The highest BCUT2D eigenvalue weighted by atomic mass is 16.6. The first-order valence-electron chi connectivity index (χ1n) is 14.0. The van der Waals surface area contributed by atoms with Crippen LogP contribution >= 0.6 is 0 Å². The summed E-state index contributed by atoms with van der Waals surface area (Å²) >= 11 is 0. The van der Waals surface area contributed by atoms with Crippen molar-refractivity contribution >= 4 is 11.9 Å². The van der Waals surface area contributed by atoms with Gasteiger partial charge in [-0.05, 0) is 40.5 Å². The van der Waals surface area contributed by atoms with Crippen LogP contribution in [0.2, 0.25) is 0 Å². The van der Waals surface area contributed by atoms with Gasteiger partial charge < -0.3 is 60.1 Å². The third-order valence-electron chi connectivity index (χ3n) is 5.47. The number of carboxylic acids is 1. The molecule has 0 aromatic heterocycles. The molecule has 0 aromatic rings. The molecule has 0 aliphatic heterocycles. The SMILES string of the molecule is CCOCC(C)OCCOCC(O)CN=C(N)N(CCCC(N)C(=O)O)CC(O)COCCOC(C)COCC. The maximum atomic E-state index is 11.0. The maximum absolute atomic E-state index is 11.0. The molecule has 14 nitrogen and oxygen atoms in total. The lowest BCUT2D eigenvalue weighted by Gasteiger charge is -2.27. The van der Waals surface area contributed by atoms with Crippen molar-refractivity contribution in [1.82, 2.24) is 4.90 Å². The smallest absolute Gasteiger partial charge is 0.320 e. The van der Waals surface area contributed by atoms with Crippen molar-refractivity contribution in [3.63, 3.8) is 0 Å². The molecule has 5 atom stereocenters. The van der Waals surface area contributed by atoms with Crippen molar-refractivity contribution < 1.29 is 48.5 Å². The Labute approximate surface area is 238 Å². The van der Waals surface area contributed by atoms with Crippen LogP contribution in [0.15, 0.2) is 4.99 Å². The van der Waals surface area contributed by atoms with Crippen molar-refractivity contribution in [3.8, 4) is 0 Å². The minimum Gasteiger partial charge on any atom is -0.480 e. The molecule has 0 amide bonds. The van der Waals surface area contributed by atoms with Crippen LogP contribution in [0, 0.1) is 0 Å². The zero-order valence-corrected chi connectivity index (χ0v) is 24.7. The van der Waals surface area contributed by atoms with Crippen molar-refractivity contribution in [2.24, 2.45) is 16.5 Å². The van der Waals surface area contributed by atoms with Crippen LogP contribution in [0.25, 0.3) is 0 Å². The summed E-state index contributed by atoms with van der Waals surface area (Å²) in [6.45, 7) is 11.8. The average Bonchev–Trinajstić information content (AvgIpc) is 2.92. The van der Waals surface area contributed by atoms with Gasteiger partial charge in [0.2, 0.25) is 0 Å². The molecule has 0 bridgehead atoms. The minimum atomic E-state index is -1.09. The first-order valence-corrected chi connectivity index (χ1v) is 14.0. The van der Waals surface area contributed by atoms with Gasteiger partial charge in [-0.25, -0.2) is 0 Å². The van der Waals surface area contributed by atoms with Crippen LogP contribution in [0.4, 0.5) is 0 Å². The Bertz CT molecular complexity index is 647. The molecule has 0 aromatic carbocycles. The topological polar surface area (TPSA) is 201 Å². The molecule has 238 valence electrons. The van der Waals surface area contributed by atoms with Gasteiger partial charge in [0.05, 0.1) is 83.8 Å². The molecule has 14 heteroatoms. The number of aliphatic hydroxyl groups excluding tert-OH is 2. The van der Waals surface area contributed by atoms with Crippen LogP contribution in [0.5, 0.6) is 0 Å². The largest absolute Gasteiger partial charge is 0.480 e. The third-order valence-corrected chi connectivity index (χ3v) is 5.47. The van der Waals surface area contributed by atoms with Gasteiger partial charge in [0, 0.05) is 26.3 Å². The molecule has 0 saturated heterocycles. The van der Waals surface area contributed by atoms with Crippen molar-refractivity contribution in [1.29, 1.82) is 0 Å². The highest BCUT2D eigenvalue weighted by molar-refractivity contribution is 5.78. The molecule has 0 radical (unpaired) electrons. The monoisotopic (exact) mass is 582 g/mol. The van der Waals surface area contributed by atoms with E-state index in [2.05, 4.69) is 4.99 Å². The predicted molar refractivity (Wildman–Crippen MR) is 150 cm³/mol. The summed E-state index contributed by atoms with van der Waals surface area (Å²) in [4.78, 5) is 16.9. The lowest BCUT2D eigenvalue weighted by molar-refractivity contribution is -0.138. The van der Waals surface area contributed by atoms with Gasteiger partial charge in [-0.15, -0.1) is 0 Å². The van der Waals surface area contributed by atoms with E-state index in [0.717, 1.165) is 0 Å². The summed E-state index contributed by atoms with van der Waals surface area (Å²) in [5, 5.41) is 29.7. The van der Waals surface area contributed by atoms with Gasteiger partial charge in [-0.2, -0.15) is 0 Å². The lowest BCUT2D eigenvalue weighted by atomic mass is 10.1. The lowest BCUT2D eigenvalue weighted by Crippen LogP contribution is -2.45. The highest BCUT2D eigenvalue weighted by Crippen LogP contribution is 2.03. The number of aliphatic imine (C=N–C) groups is 1. The fraction of sp³-hybridized carbons (Fsp3) is 0.923. The summed E-state index contributed by atoms with van der Waals surface area (Å²) in [6.07, 6.45) is -1.24. The number of carboxylic acid groups (broad SMARTS) is 1. The van der Waals surface area contributed by atoms with E-state index in [-0.39, 0.29) is 50.9 Å². The molecule has 0 saturated carbocycles. The number of carbonyl (C=O) groups is 1. The van der Waals surface area contributed by atoms with Crippen LogP contribution in [0.1, 0.15) is 40.5 Å². The fourth-order valence-electron chi connectivity index (χ4n) is 3.30. The zero-order valence-electron chi connectivity index (χ0n) is 24.7. The van der Waals surface area contributed by atoms with Gasteiger partial charge in [0.15, 0.2) is 5.96 Å². The number of rotatable bonds is 27. The molecule has 0 aliphatic carbocycles. The molecule has 0 heterocycles. The van der Waals surface area contributed by atoms with E-state index in [0.29, 0.717) is 65.8 Å². The molecule has 0 aliphatic rings. The molecule has 40 heavy (non-hydrogen) atoms. The summed E-state index contributed by atoms with van der Waals surface area (Å²) in [6, 6.07) is -0.997. The van der Waals surface area contributed by atoms with Crippen molar-refractivity contribution in [3.05, 3.63) is 0 Å². The first kappa shape index (κ1) is 38.4. The number of aliphatic carboxylic acids is 1. The first-order chi connectivity index (χ1) is 19.1. The normalized spacial score (nSPS) is 15.9. The average molecular weight is 583 g/mol. The van der Waals surface area contributed by atoms with E-state index >= 15 is 0 Å². The molecular weight excluding hydrogens is 528 g/mol. The number of nitrogens with zero attached hydrogens (tertiary/aromatic N) is 2. The van der Waals surface area contributed by atoms with Crippen LogP contribution in [-0.4, -0.2) is 148 Å². The highest BCUT2D eigenvalue weighted by Gasteiger charge is 2.17. The van der Waals surface area contributed by atoms with E-state index in [1.165, 1.54) is 0 Å². The number of nitrogens with two attached hydrogens (primary N) is 2. The number of ether oxygens (including phenoxy) is 6. The standard InChI is InChI=1S/C26H54N4O10/c1-5-35-16-20(3)39-12-10-37-18-22(31)14-29-26(28)30(9-7-8-24(27)25(33)34)15-23(32)19-38-11-13-40-21(4)17-36-6-2/h20-24,31-32H,5-19,27H2,1-4H3,(H2,28,29)(H,33,34). The van der Waals surface area contributed by atoms with E-state index in [1.54, 1.807) is 4.90 Å². The van der Waals surface area contributed by atoms with E-state index in [9.17, 15) is 15.0 Å². The Morgan fingerprint density at radius 1 is 0.850 bits per heavy atom. The summed E-state index contributed by atoms with van der Waals surface area (Å²) in [5.41, 5.74) is 11.7. The van der Waals surface area contributed by atoms with Crippen molar-refractivity contribution in [2.45, 2.75) is 71.0 Å². The third kappa shape index (κ3) is 22.1. The number of hydrogen-bond donors (Lipinski definition) is 5. The molecule has 5 unspecified atom stereocenters. The molecule has 0 spiro atoms. The quantitative estimate of drug-likeness (QED) is 0.0469.